The SMILES string of the molecule is Cc1cccc([C@H](C)c2nc(CCc3ccc4ccccc4c3)cn2C(=O)O)c1C. The van der Waals surface area contributed by atoms with Crippen LogP contribution in [0.2, 0.25) is 0 Å². The van der Waals surface area contributed by atoms with Gasteiger partial charge in [-0.05, 0) is 59.7 Å². The van der Waals surface area contributed by atoms with E-state index >= 15 is 0 Å². The molecule has 4 nitrogen and oxygen atoms in total. The summed E-state index contributed by atoms with van der Waals surface area (Å²) in [4.78, 5) is 16.6. The summed E-state index contributed by atoms with van der Waals surface area (Å²) in [5.41, 5.74) is 5.52. The van der Waals surface area contributed by atoms with Crippen LogP contribution in [0.25, 0.3) is 10.8 Å². The van der Waals surface area contributed by atoms with Crippen molar-refractivity contribution in [3.05, 3.63) is 101 Å². The fraction of sp³-hybridized carbons (Fsp3) is 0.231. The van der Waals surface area contributed by atoms with Gasteiger partial charge in [-0.25, -0.2) is 14.3 Å². The quantitative estimate of drug-likeness (QED) is 0.441. The summed E-state index contributed by atoms with van der Waals surface area (Å²) < 4.78 is 1.28. The minimum absolute atomic E-state index is 0.101. The zero-order valence-electron chi connectivity index (χ0n) is 17.6. The number of hydrogen-bond acceptors (Lipinski definition) is 2. The van der Waals surface area contributed by atoms with Gasteiger partial charge in [-0.15, -0.1) is 0 Å². The second-order valence-corrected chi connectivity index (χ2v) is 7.94. The smallest absolute Gasteiger partial charge is 0.417 e. The zero-order valence-corrected chi connectivity index (χ0v) is 17.6. The molecule has 0 unspecified atom stereocenters. The average molecular weight is 399 g/mol. The summed E-state index contributed by atoms with van der Waals surface area (Å²) in [6.45, 7) is 6.18. The van der Waals surface area contributed by atoms with E-state index in [4.69, 9.17) is 4.98 Å². The van der Waals surface area contributed by atoms with Crippen LogP contribution >= 0.6 is 0 Å². The van der Waals surface area contributed by atoms with E-state index in [1.807, 2.05) is 25.1 Å². The van der Waals surface area contributed by atoms with Crippen LogP contribution in [0.4, 0.5) is 4.79 Å². The Balaban J connectivity index is 1.60. The van der Waals surface area contributed by atoms with Gasteiger partial charge in [0.15, 0.2) is 0 Å². The Kier molecular flexibility index (Phi) is 5.40. The molecule has 1 N–H and O–H groups in total. The maximum Gasteiger partial charge on any atom is 0.417 e. The third-order valence-electron chi connectivity index (χ3n) is 5.97. The van der Waals surface area contributed by atoms with Gasteiger partial charge in [0.2, 0.25) is 0 Å². The normalized spacial score (nSPS) is 12.2. The molecule has 0 bridgehead atoms. The molecule has 0 spiro atoms. The number of rotatable bonds is 5. The summed E-state index contributed by atoms with van der Waals surface area (Å²) in [7, 11) is 0. The van der Waals surface area contributed by atoms with Crippen LogP contribution in [0.5, 0.6) is 0 Å². The van der Waals surface area contributed by atoms with Crippen molar-refractivity contribution in [3.8, 4) is 0 Å². The molecule has 4 aromatic rings. The molecule has 1 atom stereocenters. The molecule has 4 rings (SSSR count). The number of benzene rings is 3. The van der Waals surface area contributed by atoms with Gasteiger partial charge in [0.1, 0.15) is 5.82 Å². The maximum absolute atomic E-state index is 11.9. The van der Waals surface area contributed by atoms with Crippen molar-refractivity contribution in [2.45, 2.75) is 39.5 Å². The van der Waals surface area contributed by atoms with E-state index in [2.05, 4.69) is 56.3 Å². The zero-order chi connectivity index (χ0) is 21.3. The molecule has 1 aromatic heterocycles. The molecule has 0 aliphatic rings. The Morgan fingerprint density at radius 2 is 1.77 bits per heavy atom. The molecule has 0 radical (unpaired) electrons. The monoisotopic (exact) mass is 398 g/mol. The topological polar surface area (TPSA) is 55.1 Å². The molecule has 0 saturated carbocycles. The van der Waals surface area contributed by atoms with Gasteiger partial charge in [-0.1, -0.05) is 67.6 Å². The molecule has 0 amide bonds. The summed E-state index contributed by atoms with van der Waals surface area (Å²) in [6, 6.07) is 20.9. The lowest BCUT2D eigenvalue weighted by atomic mass is 9.93. The Bertz CT molecular complexity index is 1220. The molecule has 152 valence electrons. The molecular weight excluding hydrogens is 372 g/mol. The van der Waals surface area contributed by atoms with Crippen molar-refractivity contribution in [1.82, 2.24) is 9.55 Å². The number of carbonyl (C=O) groups is 1. The van der Waals surface area contributed by atoms with E-state index in [1.165, 1.54) is 32.0 Å². The summed E-state index contributed by atoms with van der Waals surface area (Å²) in [6.07, 6.45) is 2.19. The van der Waals surface area contributed by atoms with Crippen LogP contribution in [0, 0.1) is 13.8 Å². The van der Waals surface area contributed by atoms with E-state index in [1.54, 1.807) is 6.20 Å². The largest absolute Gasteiger partial charge is 0.464 e. The van der Waals surface area contributed by atoms with E-state index in [-0.39, 0.29) is 5.92 Å². The van der Waals surface area contributed by atoms with Crippen molar-refractivity contribution < 1.29 is 9.90 Å². The molecule has 0 saturated heterocycles. The minimum Gasteiger partial charge on any atom is -0.464 e. The second kappa shape index (κ2) is 8.15. The van der Waals surface area contributed by atoms with E-state index in [9.17, 15) is 9.90 Å². The highest BCUT2D eigenvalue weighted by Gasteiger charge is 2.21. The van der Waals surface area contributed by atoms with E-state index < -0.39 is 6.09 Å². The van der Waals surface area contributed by atoms with Crippen LogP contribution in [0.1, 0.15) is 46.6 Å². The first-order valence-corrected chi connectivity index (χ1v) is 10.3. The van der Waals surface area contributed by atoms with Gasteiger partial charge in [-0.3, -0.25) is 0 Å². The van der Waals surface area contributed by atoms with Crippen LogP contribution in [0.3, 0.4) is 0 Å². The molecule has 3 aromatic carbocycles. The maximum atomic E-state index is 11.9. The standard InChI is InChI=1S/C26H26N2O2/c1-17-7-6-10-24(18(17)2)19(3)25-27-23(16-28(25)26(29)30)14-12-20-11-13-21-8-4-5-9-22(21)15-20/h4-11,13,15-16,19H,12,14H2,1-3H3,(H,29,30)/t19-/m0/s1. The third kappa shape index (κ3) is 3.86. The lowest BCUT2D eigenvalue weighted by Gasteiger charge is -2.16. The highest BCUT2D eigenvalue weighted by Crippen LogP contribution is 2.28. The first-order chi connectivity index (χ1) is 14.4. The number of carboxylic acid groups (broad SMARTS) is 1. The fourth-order valence-corrected chi connectivity index (χ4v) is 4.07. The number of hydrogen-bond donors (Lipinski definition) is 1. The minimum atomic E-state index is -0.994. The van der Waals surface area contributed by atoms with E-state index in [0.29, 0.717) is 12.2 Å². The molecule has 0 aliphatic carbocycles. The van der Waals surface area contributed by atoms with Crippen molar-refractivity contribution in [3.63, 3.8) is 0 Å². The van der Waals surface area contributed by atoms with Gasteiger partial charge >= 0.3 is 6.09 Å². The number of imidazole rings is 1. The van der Waals surface area contributed by atoms with Gasteiger partial charge < -0.3 is 5.11 Å². The number of fused-ring (bicyclic) bond motifs is 1. The predicted octanol–water partition coefficient (Wildman–Crippen LogP) is 6.12. The average Bonchev–Trinajstić information content (AvgIpc) is 3.18. The highest BCUT2D eigenvalue weighted by molar-refractivity contribution is 5.83. The summed E-state index contributed by atoms with van der Waals surface area (Å²) in [5.74, 6) is 0.472. The first-order valence-electron chi connectivity index (χ1n) is 10.3. The van der Waals surface area contributed by atoms with Crippen LogP contribution in [0.15, 0.2) is 66.9 Å². The van der Waals surface area contributed by atoms with Crippen molar-refractivity contribution in [1.29, 1.82) is 0 Å². The Labute approximate surface area is 176 Å². The Morgan fingerprint density at radius 1 is 1.00 bits per heavy atom. The second-order valence-electron chi connectivity index (χ2n) is 7.94. The Hall–Kier alpha value is -3.40. The lowest BCUT2D eigenvalue weighted by Crippen LogP contribution is -2.14. The highest BCUT2D eigenvalue weighted by atomic mass is 16.4. The van der Waals surface area contributed by atoms with Gasteiger partial charge in [0.25, 0.3) is 0 Å². The van der Waals surface area contributed by atoms with Crippen molar-refractivity contribution >= 4 is 16.9 Å². The Morgan fingerprint density at radius 3 is 2.53 bits per heavy atom. The van der Waals surface area contributed by atoms with Crippen LogP contribution < -0.4 is 0 Å². The van der Waals surface area contributed by atoms with Crippen molar-refractivity contribution in [2.24, 2.45) is 0 Å². The number of aromatic nitrogens is 2. The summed E-state index contributed by atoms with van der Waals surface area (Å²) >= 11 is 0. The fourth-order valence-electron chi connectivity index (χ4n) is 4.07. The first kappa shape index (κ1) is 19.9. The van der Waals surface area contributed by atoms with Crippen LogP contribution in [-0.4, -0.2) is 20.8 Å². The van der Waals surface area contributed by atoms with Gasteiger partial charge in [0.05, 0.1) is 5.69 Å². The van der Waals surface area contributed by atoms with Gasteiger partial charge in [0, 0.05) is 12.1 Å². The molecule has 0 fully saturated rings. The summed E-state index contributed by atoms with van der Waals surface area (Å²) in [5, 5.41) is 12.2. The van der Waals surface area contributed by atoms with E-state index in [0.717, 1.165) is 17.7 Å². The third-order valence-corrected chi connectivity index (χ3v) is 5.97. The molecule has 0 aliphatic heterocycles. The molecule has 1 heterocycles. The predicted molar refractivity (Wildman–Crippen MR) is 120 cm³/mol. The molecular formula is C26H26N2O2. The number of nitrogens with zero attached hydrogens (tertiary/aromatic N) is 2. The van der Waals surface area contributed by atoms with Crippen LogP contribution in [-0.2, 0) is 12.8 Å². The lowest BCUT2D eigenvalue weighted by molar-refractivity contribution is 0.195. The molecule has 4 heteroatoms. The number of aryl methyl sites for hydroxylation is 3. The van der Waals surface area contributed by atoms with Crippen molar-refractivity contribution in [2.75, 3.05) is 0 Å². The van der Waals surface area contributed by atoms with Gasteiger partial charge in [-0.2, -0.15) is 0 Å². The molecule has 30 heavy (non-hydrogen) atoms.